The summed E-state index contributed by atoms with van der Waals surface area (Å²) in [5, 5.41) is 0. The minimum absolute atomic E-state index is 0. The first-order valence-corrected chi connectivity index (χ1v) is 2.27. The zero-order valence-electron chi connectivity index (χ0n) is 3.31. The van der Waals surface area contributed by atoms with Crippen molar-refractivity contribution in [2.45, 2.75) is 6.92 Å². The summed E-state index contributed by atoms with van der Waals surface area (Å²) in [6.07, 6.45) is 3.97. The molecule has 0 spiro atoms. The van der Waals surface area contributed by atoms with Crippen LogP contribution in [0.1, 0.15) is 6.92 Å². The Labute approximate surface area is 56.6 Å². The zero-order chi connectivity index (χ0) is 4.12. The Balaban J connectivity index is 0. The molecule has 0 atom stereocenters. The Hall–Kier alpha value is 0.687. The molecule has 0 unspecified atom stereocenters. The van der Waals surface area contributed by atoms with Gasteiger partial charge in [0.25, 0.3) is 0 Å². The molecular weight excluding hydrogens is 87.1 g/mol. The third-order valence-electron chi connectivity index (χ3n) is 0.341. The molecule has 0 saturated carbocycles. The van der Waals surface area contributed by atoms with Gasteiger partial charge < -0.3 is 0 Å². The van der Waals surface area contributed by atoms with Gasteiger partial charge in [0.1, 0.15) is 0 Å². The van der Waals surface area contributed by atoms with Crippen LogP contribution in [0.2, 0.25) is 0 Å². The topological polar surface area (TPSA) is 0 Å². The van der Waals surface area contributed by atoms with E-state index in [-0.39, 0.29) is 18.9 Å². The average Bonchev–Trinajstić information content (AvgIpc) is 1.41. The van der Waals surface area contributed by atoms with Gasteiger partial charge in [-0.05, 0) is 6.92 Å². The van der Waals surface area contributed by atoms with Crippen LogP contribution in [0.5, 0.6) is 0 Å². The van der Waals surface area contributed by atoms with E-state index in [4.69, 9.17) is 0 Å². The van der Waals surface area contributed by atoms with E-state index in [2.05, 4.69) is 12.6 Å². The molecule has 0 nitrogen and oxygen atoms in total. The van der Waals surface area contributed by atoms with E-state index in [1.807, 2.05) is 19.1 Å². The molecule has 0 rings (SSSR count). The van der Waals surface area contributed by atoms with Crippen LogP contribution in [0.25, 0.3) is 0 Å². The summed E-state index contributed by atoms with van der Waals surface area (Å²) in [4.78, 5) is 0. The van der Waals surface area contributed by atoms with Crippen LogP contribution < -0.4 is 0 Å². The molecule has 0 aliphatic heterocycles. The summed E-state index contributed by atoms with van der Waals surface area (Å²) in [5.41, 5.74) is 0. The summed E-state index contributed by atoms with van der Waals surface area (Å²) in [7, 11) is 0. The number of hydrogen-bond donors (Lipinski definition) is 1. The predicted molar refractivity (Wildman–Crippen MR) is 35.8 cm³/mol. The van der Waals surface area contributed by atoms with Crippen molar-refractivity contribution in [3.05, 3.63) is 12.2 Å². The van der Waals surface area contributed by atoms with Gasteiger partial charge in [0.15, 0.2) is 0 Å². The van der Waals surface area contributed by atoms with E-state index < -0.39 is 0 Å². The SMILES string of the molecule is CC=CCS.[LiH]. The molecule has 0 aromatic heterocycles. The summed E-state index contributed by atoms with van der Waals surface area (Å²) in [6.45, 7) is 1.98. The third-order valence-corrected chi connectivity index (χ3v) is 0.552. The van der Waals surface area contributed by atoms with Gasteiger partial charge >= 0.3 is 18.9 Å². The Morgan fingerprint density at radius 2 is 2.17 bits per heavy atom. The van der Waals surface area contributed by atoms with Crippen LogP contribution in [0.15, 0.2) is 12.2 Å². The van der Waals surface area contributed by atoms with Crippen molar-refractivity contribution < 1.29 is 0 Å². The molecule has 2 heteroatoms. The van der Waals surface area contributed by atoms with Crippen LogP contribution in [0.4, 0.5) is 0 Å². The second-order valence-electron chi connectivity index (χ2n) is 0.752. The first-order chi connectivity index (χ1) is 2.41. The van der Waals surface area contributed by atoms with E-state index in [9.17, 15) is 0 Å². The average molecular weight is 96.1 g/mol. The molecule has 0 heterocycles. The van der Waals surface area contributed by atoms with Gasteiger partial charge in [0.2, 0.25) is 0 Å². The van der Waals surface area contributed by atoms with Gasteiger partial charge in [-0.1, -0.05) is 12.2 Å². The van der Waals surface area contributed by atoms with Crippen LogP contribution in [0, 0.1) is 0 Å². The Morgan fingerprint density at radius 1 is 1.67 bits per heavy atom. The van der Waals surface area contributed by atoms with Gasteiger partial charge in [0.05, 0.1) is 0 Å². The van der Waals surface area contributed by atoms with Crippen molar-refractivity contribution in [3.63, 3.8) is 0 Å². The van der Waals surface area contributed by atoms with Crippen LogP contribution in [-0.4, -0.2) is 24.6 Å². The summed E-state index contributed by atoms with van der Waals surface area (Å²) >= 11 is 3.91. The Kier molecular flexibility index (Phi) is 15.1. The van der Waals surface area contributed by atoms with Gasteiger partial charge in [-0.2, -0.15) is 12.6 Å². The molecule has 0 aliphatic carbocycles. The molecule has 0 saturated heterocycles. The van der Waals surface area contributed by atoms with E-state index >= 15 is 0 Å². The van der Waals surface area contributed by atoms with E-state index in [0.717, 1.165) is 5.75 Å². The zero-order valence-corrected chi connectivity index (χ0v) is 4.20. The van der Waals surface area contributed by atoms with Crippen molar-refractivity contribution >= 4 is 31.5 Å². The summed E-state index contributed by atoms with van der Waals surface area (Å²) in [5.74, 6) is 0.858. The quantitative estimate of drug-likeness (QED) is 0.279. The molecule has 0 amide bonds. The Morgan fingerprint density at radius 3 is 2.17 bits per heavy atom. The van der Waals surface area contributed by atoms with Gasteiger partial charge in [-0.25, -0.2) is 0 Å². The molecule has 0 aliphatic rings. The van der Waals surface area contributed by atoms with Crippen molar-refractivity contribution in [2.75, 3.05) is 5.75 Å². The maximum atomic E-state index is 3.91. The number of rotatable bonds is 1. The first kappa shape index (κ1) is 9.85. The van der Waals surface area contributed by atoms with E-state index in [0.29, 0.717) is 0 Å². The van der Waals surface area contributed by atoms with E-state index in [1.165, 1.54) is 0 Å². The van der Waals surface area contributed by atoms with E-state index in [1.54, 1.807) is 0 Å². The van der Waals surface area contributed by atoms with Gasteiger partial charge in [-0.15, -0.1) is 0 Å². The fraction of sp³-hybridized carbons (Fsp3) is 0.500. The second-order valence-corrected chi connectivity index (χ2v) is 1.12. The second kappa shape index (κ2) is 9.19. The monoisotopic (exact) mass is 96.1 g/mol. The molecule has 0 bridgehead atoms. The number of thiol groups is 1. The van der Waals surface area contributed by atoms with Gasteiger partial charge in [0, 0.05) is 5.75 Å². The number of hydrogen-bond acceptors (Lipinski definition) is 1. The molecule has 0 N–H and O–H groups in total. The van der Waals surface area contributed by atoms with Gasteiger partial charge in [-0.3, -0.25) is 0 Å². The molecule has 0 fully saturated rings. The van der Waals surface area contributed by atoms with Crippen molar-refractivity contribution in [3.8, 4) is 0 Å². The first-order valence-electron chi connectivity index (χ1n) is 1.64. The molecule has 32 valence electrons. The van der Waals surface area contributed by atoms with Crippen molar-refractivity contribution in [1.82, 2.24) is 0 Å². The number of allylic oxidation sites excluding steroid dienone is 1. The summed E-state index contributed by atoms with van der Waals surface area (Å²) < 4.78 is 0. The standard InChI is InChI=1S/C4H8S.Li.H/c1-2-3-4-5;;/h2-3,5H,4H2,1H3;;. The van der Waals surface area contributed by atoms with Crippen molar-refractivity contribution in [1.29, 1.82) is 0 Å². The van der Waals surface area contributed by atoms with Crippen LogP contribution >= 0.6 is 12.6 Å². The van der Waals surface area contributed by atoms with Crippen LogP contribution in [0.3, 0.4) is 0 Å². The maximum absolute atomic E-state index is 3.91. The predicted octanol–water partition coefficient (Wildman–Crippen LogP) is 0.844. The normalized spacial score (nSPS) is 8.33. The van der Waals surface area contributed by atoms with Crippen LogP contribution in [-0.2, 0) is 0 Å². The molecule has 0 radical (unpaired) electrons. The molecule has 6 heavy (non-hydrogen) atoms. The molecule has 0 aromatic carbocycles. The molecule has 0 aromatic rings. The summed E-state index contributed by atoms with van der Waals surface area (Å²) in [6, 6.07) is 0. The fourth-order valence-corrected chi connectivity index (χ4v) is 0.316. The fourth-order valence-electron chi connectivity index (χ4n) is 0.105. The van der Waals surface area contributed by atoms with Crippen molar-refractivity contribution in [2.24, 2.45) is 0 Å². The Bertz CT molecular complexity index is 34.5. The minimum atomic E-state index is 0. The third kappa shape index (κ3) is 8.82. The molecular formula is C4H9LiS.